The Morgan fingerprint density at radius 2 is 2.00 bits per heavy atom. The highest BCUT2D eigenvalue weighted by molar-refractivity contribution is 5.65. The van der Waals surface area contributed by atoms with Gasteiger partial charge in [0.25, 0.3) is 0 Å². The van der Waals surface area contributed by atoms with Gasteiger partial charge in [0.1, 0.15) is 11.8 Å². The Morgan fingerprint density at radius 1 is 1.19 bits per heavy atom. The Bertz CT molecular complexity index is 462. The number of nitrogens with one attached hydrogen (secondary N) is 2. The van der Waals surface area contributed by atoms with Crippen LogP contribution in [0, 0.1) is 0 Å². The molecule has 2 N–H and O–H groups in total. The first-order valence-electron chi connectivity index (χ1n) is 5.39. The molecule has 1 fully saturated rings. The maximum atomic E-state index is 5.82. The van der Waals surface area contributed by atoms with E-state index in [1.165, 1.54) is 0 Å². The molecule has 4 nitrogen and oxygen atoms in total. The predicted molar refractivity (Wildman–Crippen MR) is 61.3 cm³/mol. The molecule has 0 amide bonds. The SMILES string of the molecule is c1ccc(-c2[nH]ncc2OC2CNC2)cc1. The molecule has 1 aliphatic heterocycles. The Hall–Kier alpha value is -1.81. The van der Waals surface area contributed by atoms with Crippen LogP contribution in [-0.2, 0) is 0 Å². The summed E-state index contributed by atoms with van der Waals surface area (Å²) in [6.07, 6.45) is 2.01. The van der Waals surface area contributed by atoms with Crippen molar-refractivity contribution in [1.82, 2.24) is 15.5 Å². The van der Waals surface area contributed by atoms with E-state index in [2.05, 4.69) is 15.5 Å². The summed E-state index contributed by atoms with van der Waals surface area (Å²) in [6, 6.07) is 10.1. The lowest BCUT2D eigenvalue weighted by atomic mass is 10.1. The second-order valence-electron chi connectivity index (χ2n) is 3.87. The molecule has 4 heteroatoms. The van der Waals surface area contributed by atoms with E-state index in [-0.39, 0.29) is 6.10 Å². The van der Waals surface area contributed by atoms with Gasteiger partial charge in [0.15, 0.2) is 5.75 Å². The van der Waals surface area contributed by atoms with Gasteiger partial charge in [-0.05, 0) is 0 Å². The molecular weight excluding hydrogens is 202 g/mol. The van der Waals surface area contributed by atoms with Gasteiger partial charge in [-0.1, -0.05) is 30.3 Å². The minimum absolute atomic E-state index is 0.278. The fourth-order valence-corrected chi connectivity index (χ4v) is 1.70. The number of benzene rings is 1. The molecule has 1 saturated heterocycles. The van der Waals surface area contributed by atoms with Gasteiger partial charge in [0.05, 0.1) is 6.20 Å². The first-order chi connectivity index (χ1) is 7.93. The maximum Gasteiger partial charge on any atom is 0.165 e. The molecule has 2 heterocycles. The van der Waals surface area contributed by atoms with Gasteiger partial charge in [0.2, 0.25) is 0 Å². The van der Waals surface area contributed by atoms with Crippen LogP contribution in [0.1, 0.15) is 0 Å². The van der Waals surface area contributed by atoms with Crippen molar-refractivity contribution in [2.45, 2.75) is 6.10 Å². The van der Waals surface area contributed by atoms with E-state index in [1.54, 1.807) is 6.20 Å². The summed E-state index contributed by atoms with van der Waals surface area (Å²) in [5.74, 6) is 0.831. The lowest BCUT2D eigenvalue weighted by Crippen LogP contribution is -2.50. The monoisotopic (exact) mass is 215 g/mol. The van der Waals surface area contributed by atoms with Crippen LogP contribution in [0.15, 0.2) is 36.5 Å². The minimum atomic E-state index is 0.278. The number of rotatable bonds is 3. The molecule has 0 radical (unpaired) electrons. The molecule has 3 rings (SSSR count). The van der Waals surface area contributed by atoms with Gasteiger partial charge in [-0.15, -0.1) is 0 Å². The lowest BCUT2D eigenvalue weighted by molar-refractivity contribution is 0.143. The molecule has 0 spiro atoms. The number of ether oxygens (including phenoxy) is 1. The zero-order valence-corrected chi connectivity index (χ0v) is 8.81. The summed E-state index contributed by atoms with van der Waals surface area (Å²) in [7, 11) is 0. The fourth-order valence-electron chi connectivity index (χ4n) is 1.70. The quantitative estimate of drug-likeness (QED) is 0.814. The first-order valence-corrected chi connectivity index (χ1v) is 5.39. The van der Waals surface area contributed by atoms with Crippen LogP contribution in [0.4, 0.5) is 0 Å². The molecule has 2 aromatic rings. The number of aromatic amines is 1. The Labute approximate surface area is 93.6 Å². The van der Waals surface area contributed by atoms with Gasteiger partial charge in [0, 0.05) is 18.7 Å². The van der Waals surface area contributed by atoms with Crippen molar-refractivity contribution in [3.8, 4) is 17.0 Å². The van der Waals surface area contributed by atoms with E-state index in [9.17, 15) is 0 Å². The number of hydrogen-bond acceptors (Lipinski definition) is 3. The summed E-state index contributed by atoms with van der Waals surface area (Å²) < 4.78 is 5.82. The Kier molecular flexibility index (Phi) is 2.34. The highest BCUT2D eigenvalue weighted by Crippen LogP contribution is 2.28. The van der Waals surface area contributed by atoms with Crippen LogP contribution in [0.25, 0.3) is 11.3 Å². The van der Waals surface area contributed by atoms with E-state index in [1.807, 2.05) is 30.3 Å². The van der Waals surface area contributed by atoms with E-state index >= 15 is 0 Å². The summed E-state index contributed by atoms with van der Waals surface area (Å²) in [5.41, 5.74) is 2.05. The molecule has 0 atom stereocenters. The van der Waals surface area contributed by atoms with E-state index in [0.717, 1.165) is 30.1 Å². The smallest absolute Gasteiger partial charge is 0.165 e. The van der Waals surface area contributed by atoms with E-state index < -0.39 is 0 Å². The second-order valence-corrected chi connectivity index (χ2v) is 3.87. The van der Waals surface area contributed by atoms with Crippen LogP contribution in [-0.4, -0.2) is 29.4 Å². The number of H-pyrrole nitrogens is 1. The number of hydrogen-bond donors (Lipinski definition) is 2. The second kappa shape index (κ2) is 3.98. The lowest BCUT2D eigenvalue weighted by Gasteiger charge is -2.27. The number of nitrogens with zero attached hydrogens (tertiary/aromatic N) is 1. The molecule has 16 heavy (non-hydrogen) atoms. The Morgan fingerprint density at radius 3 is 2.69 bits per heavy atom. The van der Waals surface area contributed by atoms with Crippen molar-refractivity contribution in [2.24, 2.45) is 0 Å². The minimum Gasteiger partial charge on any atom is -0.484 e. The van der Waals surface area contributed by atoms with Crippen molar-refractivity contribution < 1.29 is 4.74 Å². The third-order valence-electron chi connectivity index (χ3n) is 2.70. The highest BCUT2D eigenvalue weighted by atomic mass is 16.5. The van der Waals surface area contributed by atoms with Crippen LogP contribution in [0.5, 0.6) is 5.75 Å². The zero-order chi connectivity index (χ0) is 10.8. The summed E-state index contributed by atoms with van der Waals surface area (Å²) in [4.78, 5) is 0. The first kappa shape index (κ1) is 9.42. The topological polar surface area (TPSA) is 49.9 Å². The summed E-state index contributed by atoms with van der Waals surface area (Å²) in [5, 5.41) is 10.2. The fraction of sp³-hybridized carbons (Fsp3) is 0.250. The van der Waals surface area contributed by atoms with Gasteiger partial charge in [-0.2, -0.15) is 5.10 Å². The third-order valence-corrected chi connectivity index (χ3v) is 2.70. The van der Waals surface area contributed by atoms with E-state index in [0.29, 0.717) is 0 Å². The van der Waals surface area contributed by atoms with Gasteiger partial charge >= 0.3 is 0 Å². The van der Waals surface area contributed by atoms with Crippen molar-refractivity contribution >= 4 is 0 Å². The van der Waals surface area contributed by atoms with Crippen LogP contribution < -0.4 is 10.1 Å². The molecular formula is C12H13N3O. The molecule has 0 saturated carbocycles. The molecule has 0 unspecified atom stereocenters. The van der Waals surface area contributed by atoms with Crippen LogP contribution in [0.3, 0.4) is 0 Å². The van der Waals surface area contributed by atoms with Crippen molar-refractivity contribution in [2.75, 3.05) is 13.1 Å². The Balaban J connectivity index is 1.87. The van der Waals surface area contributed by atoms with Crippen LogP contribution >= 0.6 is 0 Å². The van der Waals surface area contributed by atoms with Crippen molar-refractivity contribution in [1.29, 1.82) is 0 Å². The average molecular weight is 215 g/mol. The van der Waals surface area contributed by atoms with Gasteiger partial charge in [-0.25, -0.2) is 0 Å². The molecule has 1 aliphatic rings. The largest absolute Gasteiger partial charge is 0.484 e. The van der Waals surface area contributed by atoms with Gasteiger partial charge < -0.3 is 10.1 Å². The van der Waals surface area contributed by atoms with Crippen LogP contribution in [0.2, 0.25) is 0 Å². The standard InChI is InChI=1S/C12H13N3O/c1-2-4-9(5-3-1)12-11(8-14-15-12)16-10-6-13-7-10/h1-5,8,10,13H,6-7H2,(H,14,15). The van der Waals surface area contributed by atoms with Crippen molar-refractivity contribution in [3.05, 3.63) is 36.5 Å². The van der Waals surface area contributed by atoms with Gasteiger partial charge in [-0.3, -0.25) is 5.10 Å². The molecule has 1 aromatic heterocycles. The van der Waals surface area contributed by atoms with Crippen molar-refractivity contribution in [3.63, 3.8) is 0 Å². The average Bonchev–Trinajstić information content (AvgIpc) is 2.73. The van der Waals surface area contributed by atoms with E-state index in [4.69, 9.17) is 4.74 Å². The summed E-state index contributed by atoms with van der Waals surface area (Å²) in [6.45, 7) is 1.83. The normalized spacial score (nSPS) is 15.8. The molecule has 1 aromatic carbocycles. The third kappa shape index (κ3) is 1.67. The highest BCUT2D eigenvalue weighted by Gasteiger charge is 2.20. The molecule has 0 aliphatic carbocycles. The maximum absolute atomic E-state index is 5.82. The molecule has 0 bridgehead atoms. The number of aromatic nitrogens is 2. The molecule has 82 valence electrons. The summed E-state index contributed by atoms with van der Waals surface area (Å²) >= 11 is 0. The predicted octanol–water partition coefficient (Wildman–Crippen LogP) is 1.43. The zero-order valence-electron chi connectivity index (χ0n) is 8.81.